The first-order valence-corrected chi connectivity index (χ1v) is 7.06. The van der Waals surface area contributed by atoms with Crippen molar-refractivity contribution in [2.24, 2.45) is 0 Å². The smallest absolute Gasteiger partial charge is 0.280 e. The van der Waals surface area contributed by atoms with Crippen LogP contribution in [0.2, 0.25) is 5.15 Å². The molecule has 2 aromatic rings. The minimum atomic E-state index is -3.71. The topological polar surface area (TPSA) is 87.7 Å². The SMILES string of the molecule is CCc1ncc(S(=O)(=O)Nc2cccc(Cl)n2)[nH]1. The molecule has 0 atom stereocenters. The van der Waals surface area contributed by atoms with Gasteiger partial charge in [0.15, 0.2) is 5.03 Å². The van der Waals surface area contributed by atoms with E-state index in [-0.39, 0.29) is 16.0 Å². The number of imidazole rings is 1. The van der Waals surface area contributed by atoms with Gasteiger partial charge in [-0.25, -0.2) is 9.97 Å². The molecule has 0 aliphatic heterocycles. The zero-order chi connectivity index (χ0) is 13.2. The Kier molecular flexibility index (Phi) is 3.53. The first-order chi connectivity index (χ1) is 8.51. The molecule has 0 aliphatic carbocycles. The highest BCUT2D eigenvalue weighted by molar-refractivity contribution is 7.92. The Bertz CT molecular complexity index is 653. The number of aromatic amines is 1. The molecular formula is C10H11ClN4O2S. The summed E-state index contributed by atoms with van der Waals surface area (Å²) in [4.78, 5) is 10.5. The summed E-state index contributed by atoms with van der Waals surface area (Å²) in [7, 11) is -3.71. The van der Waals surface area contributed by atoms with Gasteiger partial charge in [0.1, 0.15) is 16.8 Å². The van der Waals surface area contributed by atoms with Crippen LogP contribution in [-0.4, -0.2) is 23.4 Å². The van der Waals surface area contributed by atoms with E-state index >= 15 is 0 Å². The Morgan fingerprint density at radius 1 is 1.44 bits per heavy atom. The summed E-state index contributed by atoms with van der Waals surface area (Å²) in [5.41, 5.74) is 0. The van der Waals surface area contributed by atoms with Crippen LogP contribution >= 0.6 is 11.6 Å². The second-order valence-electron chi connectivity index (χ2n) is 3.50. The van der Waals surface area contributed by atoms with Crippen molar-refractivity contribution in [3.8, 4) is 0 Å². The van der Waals surface area contributed by atoms with Crippen molar-refractivity contribution >= 4 is 27.4 Å². The molecule has 8 heteroatoms. The van der Waals surface area contributed by atoms with Crippen LogP contribution in [-0.2, 0) is 16.4 Å². The van der Waals surface area contributed by atoms with Gasteiger partial charge in [-0.3, -0.25) is 4.72 Å². The van der Waals surface area contributed by atoms with Crippen LogP contribution in [0.3, 0.4) is 0 Å². The number of pyridine rings is 1. The first-order valence-electron chi connectivity index (χ1n) is 5.20. The van der Waals surface area contributed by atoms with Crippen LogP contribution in [0, 0.1) is 0 Å². The zero-order valence-electron chi connectivity index (χ0n) is 9.51. The molecule has 0 amide bonds. The van der Waals surface area contributed by atoms with Gasteiger partial charge in [0.25, 0.3) is 10.0 Å². The Balaban J connectivity index is 2.27. The fraction of sp³-hybridized carbons (Fsp3) is 0.200. The average molecular weight is 287 g/mol. The fourth-order valence-corrected chi connectivity index (χ4v) is 2.42. The molecule has 0 unspecified atom stereocenters. The lowest BCUT2D eigenvalue weighted by Gasteiger charge is -2.04. The Morgan fingerprint density at radius 3 is 2.83 bits per heavy atom. The van der Waals surface area contributed by atoms with E-state index in [0.717, 1.165) is 0 Å². The van der Waals surface area contributed by atoms with Crippen LogP contribution < -0.4 is 4.72 Å². The molecule has 0 saturated carbocycles. The normalized spacial score (nSPS) is 11.4. The van der Waals surface area contributed by atoms with Crippen molar-refractivity contribution < 1.29 is 8.42 Å². The third-order valence-corrected chi connectivity index (χ3v) is 3.66. The molecule has 0 aromatic carbocycles. The van der Waals surface area contributed by atoms with Crippen LogP contribution in [0.15, 0.2) is 29.4 Å². The molecule has 96 valence electrons. The molecule has 0 fully saturated rings. The van der Waals surface area contributed by atoms with Gasteiger partial charge in [-0.2, -0.15) is 8.42 Å². The van der Waals surface area contributed by atoms with Crippen molar-refractivity contribution in [2.75, 3.05) is 4.72 Å². The Hall–Kier alpha value is -1.60. The minimum absolute atomic E-state index is 0.00104. The maximum atomic E-state index is 12.0. The quantitative estimate of drug-likeness (QED) is 0.839. The number of hydrogen-bond donors (Lipinski definition) is 2. The molecule has 0 radical (unpaired) electrons. The summed E-state index contributed by atoms with van der Waals surface area (Å²) >= 11 is 5.68. The van der Waals surface area contributed by atoms with E-state index < -0.39 is 10.0 Å². The first kappa shape index (κ1) is 12.8. The maximum Gasteiger partial charge on any atom is 0.280 e. The van der Waals surface area contributed by atoms with Gasteiger partial charge in [0, 0.05) is 6.42 Å². The number of rotatable bonds is 4. The third-order valence-electron chi connectivity index (χ3n) is 2.18. The van der Waals surface area contributed by atoms with E-state index in [1.54, 1.807) is 12.1 Å². The van der Waals surface area contributed by atoms with Crippen molar-refractivity contribution in [3.05, 3.63) is 35.4 Å². The maximum absolute atomic E-state index is 12.0. The number of nitrogens with zero attached hydrogens (tertiary/aromatic N) is 2. The lowest BCUT2D eigenvalue weighted by molar-refractivity contribution is 0.597. The monoisotopic (exact) mass is 286 g/mol. The Labute approximate surface area is 109 Å². The lowest BCUT2D eigenvalue weighted by atomic mass is 10.5. The number of nitrogens with one attached hydrogen (secondary N) is 2. The van der Waals surface area contributed by atoms with Crippen LogP contribution in [0.1, 0.15) is 12.7 Å². The molecule has 0 bridgehead atoms. The van der Waals surface area contributed by atoms with Crippen LogP contribution in [0.5, 0.6) is 0 Å². The van der Waals surface area contributed by atoms with Gasteiger partial charge < -0.3 is 4.98 Å². The summed E-state index contributed by atoms with van der Waals surface area (Å²) in [5.74, 6) is 0.768. The fourth-order valence-electron chi connectivity index (χ4n) is 1.32. The predicted octanol–water partition coefficient (Wildman–Crippen LogP) is 1.82. The number of halogens is 1. The largest absolute Gasteiger partial charge is 0.332 e. The second kappa shape index (κ2) is 4.95. The highest BCUT2D eigenvalue weighted by Gasteiger charge is 2.17. The molecular weight excluding hydrogens is 276 g/mol. The molecule has 0 spiro atoms. The average Bonchev–Trinajstić information content (AvgIpc) is 2.77. The summed E-state index contributed by atoms with van der Waals surface area (Å²) < 4.78 is 26.3. The van der Waals surface area contributed by atoms with E-state index in [0.29, 0.717) is 12.2 Å². The summed E-state index contributed by atoms with van der Waals surface area (Å²) in [5, 5.41) is 0.218. The number of aromatic nitrogens is 3. The molecule has 2 rings (SSSR count). The number of sulfonamides is 1. The number of anilines is 1. The second-order valence-corrected chi connectivity index (χ2v) is 5.54. The van der Waals surface area contributed by atoms with Gasteiger partial charge in [0.05, 0.1) is 6.20 Å². The number of aryl methyl sites for hydroxylation is 1. The van der Waals surface area contributed by atoms with Gasteiger partial charge in [-0.1, -0.05) is 24.6 Å². The molecule has 2 aromatic heterocycles. The van der Waals surface area contributed by atoms with Crippen molar-refractivity contribution in [1.29, 1.82) is 0 Å². The van der Waals surface area contributed by atoms with E-state index in [4.69, 9.17) is 11.6 Å². The molecule has 0 aliphatic rings. The van der Waals surface area contributed by atoms with Crippen molar-refractivity contribution in [1.82, 2.24) is 15.0 Å². The molecule has 6 nitrogen and oxygen atoms in total. The molecule has 18 heavy (non-hydrogen) atoms. The molecule has 0 saturated heterocycles. The zero-order valence-corrected chi connectivity index (χ0v) is 11.1. The van der Waals surface area contributed by atoms with Gasteiger partial charge in [0.2, 0.25) is 0 Å². The van der Waals surface area contributed by atoms with Crippen LogP contribution in [0.25, 0.3) is 0 Å². The van der Waals surface area contributed by atoms with Gasteiger partial charge >= 0.3 is 0 Å². The van der Waals surface area contributed by atoms with Crippen molar-refractivity contribution in [3.63, 3.8) is 0 Å². The summed E-state index contributed by atoms with van der Waals surface area (Å²) in [6.07, 6.45) is 1.90. The van der Waals surface area contributed by atoms with Gasteiger partial charge in [-0.15, -0.1) is 0 Å². The Morgan fingerprint density at radius 2 is 2.22 bits per heavy atom. The number of H-pyrrole nitrogens is 1. The minimum Gasteiger partial charge on any atom is -0.332 e. The van der Waals surface area contributed by atoms with E-state index in [9.17, 15) is 8.42 Å². The summed E-state index contributed by atoms with van der Waals surface area (Å²) in [6, 6.07) is 4.68. The van der Waals surface area contributed by atoms with Crippen molar-refractivity contribution in [2.45, 2.75) is 18.4 Å². The van der Waals surface area contributed by atoms with E-state index in [2.05, 4.69) is 19.7 Å². The standard InChI is InChI=1S/C10H11ClN4O2S/c1-2-8-12-6-10(14-8)18(16,17)15-9-5-3-4-7(11)13-9/h3-6H,2H2,1H3,(H,12,14)(H,13,15). The number of hydrogen-bond acceptors (Lipinski definition) is 4. The van der Waals surface area contributed by atoms with Crippen LogP contribution in [0.4, 0.5) is 5.82 Å². The molecule has 2 heterocycles. The highest BCUT2D eigenvalue weighted by Crippen LogP contribution is 2.14. The van der Waals surface area contributed by atoms with E-state index in [1.807, 2.05) is 6.92 Å². The third kappa shape index (κ3) is 2.80. The van der Waals surface area contributed by atoms with Gasteiger partial charge in [-0.05, 0) is 12.1 Å². The van der Waals surface area contributed by atoms with E-state index in [1.165, 1.54) is 12.3 Å². The predicted molar refractivity (Wildman–Crippen MR) is 68.0 cm³/mol. The lowest BCUT2D eigenvalue weighted by Crippen LogP contribution is -2.14. The highest BCUT2D eigenvalue weighted by atomic mass is 35.5. The summed E-state index contributed by atoms with van der Waals surface area (Å²) in [6.45, 7) is 1.88. The molecule has 2 N–H and O–H groups in total.